The van der Waals surface area contributed by atoms with Crippen molar-refractivity contribution >= 4 is 28.3 Å². The van der Waals surface area contributed by atoms with Crippen LogP contribution in [0.15, 0.2) is 30.3 Å². The number of rotatable bonds is 5. The summed E-state index contributed by atoms with van der Waals surface area (Å²) < 4.78 is 5.54. The molecule has 1 aromatic heterocycles. The number of nitrogens with one attached hydrogen (secondary N) is 1. The van der Waals surface area contributed by atoms with Crippen molar-refractivity contribution in [2.75, 3.05) is 18.9 Å². The number of carbonyl (C=O) groups is 2. The Balaban J connectivity index is 1.89. The van der Waals surface area contributed by atoms with Crippen molar-refractivity contribution in [3.63, 3.8) is 0 Å². The number of hydrogen-bond acceptors (Lipinski definition) is 6. The van der Waals surface area contributed by atoms with E-state index >= 15 is 0 Å². The number of H-pyrrole nitrogens is 1. The van der Waals surface area contributed by atoms with Crippen molar-refractivity contribution < 1.29 is 29.6 Å². The summed E-state index contributed by atoms with van der Waals surface area (Å²) in [4.78, 5) is 28.3. The Labute approximate surface area is 171 Å². The van der Waals surface area contributed by atoms with E-state index in [1.54, 1.807) is 24.3 Å². The second-order valence-corrected chi connectivity index (χ2v) is 7.94. The number of hydrogen-bond donors (Lipinski definition) is 5. The Morgan fingerprint density at radius 3 is 2.67 bits per heavy atom. The molecular formula is C22H22N2O6. The van der Waals surface area contributed by atoms with Crippen LogP contribution in [0.4, 0.5) is 5.69 Å². The predicted molar refractivity (Wildman–Crippen MR) is 110 cm³/mol. The lowest BCUT2D eigenvalue weighted by molar-refractivity contribution is 0.0535. The second kappa shape index (κ2) is 6.86. The number of aromatic carboxylic acids is 1. The molecule has 0 spiro atoms. The normalized spacial score (nSPS) is 15.5. The average molecular weight is 410 g/mol. The van der Waals surface area contributed by atoms with Crippen LogP contribution in [0.5, 0.6) is 5.75 Å². The van der Waals surface area contributed by atoms with E-state index in [1.807, 2.05) is 13.8 Å². The van der Waals surface area contributed by atoms with Crippen molar-refractivity contribution in [2.24, 2.45) is 0 Å². The molecule has 0 bridgehead atoms. The van der Waals surface area contributed by atoms with Crippen LogP contribution in [0, 0.1) is 0 Å². The van der Waals surface area contributed by atoms with E-state index in [-0.39, 0.29) is 23.6 Å². The Kier molecular flexibility index (Phi) is 4.56. The number of aliphatic hydroxyl groups is 2. The second-order valence-electron chi connectivity index (χ2n) is 7.94. The lowest BCUT2D eigenvalue weighted by atomic mass is 9.71. The van der Waals surface area contributed by atoms with E-state index in [4.69, 9.17) is 15.6 Å². The van der Waals surface area contributed by atoms with Crippen LogP contribution in [0.2, 0.25) is 0 Å². The van der Waals surface area contributed by atoms with E-state index in [1.165, 1.54) is 6.07 Å². The highest BCUT2D eigenvalue weighted by Crippen LogP contribution is 2.45. The van der Waals surface area contributed by atoms with Gasteiger partial charge in [-0.2, -0.15) is 0 Å². The van der Waals surface area contributed by atoms with E-state index in [0.29, 0.717) is 39.0 Å². The molecule has 0 saturated carbocycles. The number of ether oxygens (including phenoxy) is 1. The summed E-state index contributed by atoms with van der Waals surface area (Å²) in [5, 5.41) is 28.6. The summed E-state index contributed by atoms with van der Waals surface area (Å²) >= 11 is 0. The van der Waals surface area contributed by atoms with Gasteiger partial charge in [-0.1, -0.05) is 13.8 Å². The first-order valence-corrected chi connectivity index (χ1v) is 9.45. The standard InChI is InChI=1S/C22H22N2O6/c1-22(2)14-7-11(30-9-10(26)8-25)3-4-12(14)19(27)16-13-5-6-15(23)17(21(28)29)18(13)24-20(16)22/h3-7,10,24-26H,8-9,23H2,1-2H3,(H,28,29)/t10-/m1/s1. The number of ketones is 1. The molecule has 3 aromatic rings. The molecule has 1 aliphatic carbocycles. The number of nitrogens with two attached hydrogens (primary N) is 1. The Morgan fingerprint density at radius 1 is 1.27 bits per heavy atom. The molecule has 0 amide bonds. The number of fused-ring (bicyclic) bond motifs is 4. The van der Waals surface area contributed by atoms with E-state index in [9.17, 15) is 19.8 Å². The largest absolute Gasteiger partial charge is 0.491 e. The van der Waals surface area contributed by atoms with E-state index < -0.39 is 24.1 Å². The van der Waals surface area contributed by atoms with Crippen LogP contribution in [0.1, 0.15) is 51.4 Å². The van der Waals surface area contributed by atoms with Gasteiger partial charge in [0.2, 0.25) is 0 Å². The molecule has 8 nitrogen and oxygen atoms in total. The van der Waals surface area contributed by atoms with E-state index in [0.717, 1.165) is 0 Å². The summed E-state index contributed by atoms with van der Waals surface area (Å²) in [5.41, 5.74) is 7.87. The van der Waals surface area contributed by atoms with E-state index in [2.05, 4.69) is 4.98 Å². The predicted octanol–water partition coefficient (Wildman–Crippen LogP) is 2.05. The molecule has 0 saturated heterocycles. The molecule has 0 unspecified atom stereocenters. The molecule has 30 heavy (non-hydrogen) atoms. The molecule has 156 valence electrons. The van der Waals surface area contributed by atoms with Gasteiger partial charge in [0.25, 0.3) is 0 Å². The fraction of sp³-hybridized carbons (Fsp3) is 0.273. The van der Waals surface area contributed by atoms with Crippen molar-refractivity contribution in [3.8, 4) is 5.75 Å². The van der Waals surface area contributed by atoms with Gasteiger partial charge in [-0.25, -0.2) is 4.79 Å². The van der Waals surface area contributed by atoms with Gasteiger partial charge in [-0.05, 0) is 35.9 Å². The third-order valence-corrected chi connectivity index (χ3v) is 5.63. The molecule has 0 fully saturated rings. The SMILES string of the molecule is CC1(C)c2cc(OC[C@H](O)CO)ccc2C(=O)c2c1[nH]c1c(C(=O)O)c(N)ccc21. The van der Waals surface area contributed by atoms with Gasteiger partial charge in [0, 0.05) is 27.7 Å². The maximum Gasteiger partial charge on any atom is 0.339 e. The zero-order valence-corrected chi connectivity index (χ0v) is 16.5. The molecule has 0 radical (unpaired) electrons. The van der Waals surface area contributed by atoms with Crippen LogP contribution in [-0.4, -0.2) is 51.4 Å². The first kappa shape index (κ1) is 19.9. The smallest absolute Gasteiger partial charge is 0.339 e. The van der Waals surface area contributed by atoms with Gasteiger partial charge in [-0.3, -0.25) is 4.79 Å². The summed E-state index contributed by atoms with van der Waals surface area (Å²) in [6.45, 7) is 3.37. The molecule has 0 aliphatic heterocycles. The fourth-order valence-corrected chi connectivity index (χ4v) is 4.06. The number of carbonyl (C=O) groups excluding carboxylic acids is 1. The summed E-state index contributed by atoms with van der Waals surface area (Å²) in [6.07, 6.45) is -1.00. The van der Waals surface area contributed by atoms with Gasteiger partial charge >= 0.3 is 5.97 Å². The van der Waals surface area contributed by atoms with Crippen molar-refractivity contribution in [1.29, 1.82) is 0 Å². The van der Waals surface area contributed by atoms with Crippen LogP contribution >= 0.6 is 0 Å². The molecular weight excluding hydrogens is 388 g/mol. The van der Waals surface area contributed by atoms with Gasteiger partial charge in [0.05, 0.1) is 17.7 Å². The van der Waals surface area contributed by atoms with Crippen molar-refractivity contribution in [1.82, 2.24) is 4.98 Å². The third kappa shape index (κ3) is 2.84. The quantitative estimate of drug-likeness (QED) is 0.405. The number of aromatic amines is 1. The maximum atomic E-state index is 13.3. The van der Waals surface area contributed by atoms with Crippen molar-refractivity contribution in [3.05, 3.63) is 58.3 Å². The highest BCUT2D eigenvalue weighted by Gasteiger charge is 2.40. The van der Waals surface area contributed by atoms with Gasteiger partial charge in [0.1, 0.15) is 24.0 Å². The first-order chi connectivity index (χ1) is 14.2. The number of nitrogen functional groups attached to an aromatic ring is 1. The van der Waals surface area contributed by atoms with Gasteiger partial charge in [0.15, 0.2) is 5.78 Å². The number of aromatic nitrogens is 1. The highest BCUT2D eigenvalue weighted by molar-refractivity contribution is 6.22. The molecule has 1 aliphatic rings. The highest BCUT2D eigenvalue weighted by atomic mass is 16.5. The minimum Gasteiger partial charge on any atom is -0.491 e. The lowest BCUT2D eigenvalue weighted by Crippen LogP contribution is -2.30. The Bertz CT molecular complexity index is 1190. The molecule has 8 heteroatoms. The molecule has 4 rings (SSSR count). The Morgan fingerprint density at radius 2 is 2.00 bits per heavy atom. The van der Waals surface area contributed by atoms with Crippen molar-refractivity contribution in [2.45, 2.75) is 25.4 Å². The molecule has 6 N–H and O–H groups in total. The topological polar surface area (TPSA) is 146 Å². The lowest BCUT2D eigenvalue weighted by Gasteiger charge is -2.32. The summed E-state index contributed by atoms with van der Waals surface area (Å²) in [6, 6.07) is 8.20. The van der Waals surface area contributed by atoms with Crippen LogP contribution in [0.25, 0.3) is 10.9 Å². The molecule has 2 aromatic carbocycles. The maximum absolute atomic E-state index is 13.3. The number of carboxylic acid groups (broad SMARTS) is 1. The fourth-order valence-electron chi connectivity index (χ4n) is 4.06. The minimum absolute atomic E-state index is 0.0587. The average Bonchev–Trinajstić information content (AvgIpc) is 3.10. The van der Waals surface area contributed by atoms with Crippen LogP contribution < -0.4 is 10.5 Å². The van der Waals surface area contributed by atoms with Gasteiger partial charge < -0.3 is 30.8 Å². The number of aliphatic hydroxyl groups excluding tert-OH is 2. The van der Waals surface area contributed by atoms with Gasteiger partial charge in [-0.15, -0.1) is 0 Å². The first-order valence-electron chi connectivity index (χ1n) is 9.45. The third-order valence-electron chi connectivity index (χ3n) is 5.63. The Hall–Kier alpha value is -3.36. The number of anilines is 1. The molecule has 1 atom stereocenters. The zero-order chi connectivity index (χ0) is 21.8. The number of benzene rings is 2. The molecule has 1 heterocycles. The summed E-state index contributed by atoms with van der Waals surface area (Å²) in [7, 11) is 0. The zero-order valence-electron chi connectivity index (χ0n) is 16.5. The monoisotopic (exact) mass is 410 g/mol. The van der Waals surface area contributed by atoms with Crippen LogP contribution in [0.3, 0.4) is 0 Å². The van der Waals surface area contributed by atoms with Crippen LogP contribution in [-0.2, 0) is 5.41 Å². The minimum atomic E-state index is -1.17. The summed E-state index contributed by atoms with van der Waals surface area (Å²) in [5.74, 6) is -0.927. The number of carboxylic acids is 1.